The van der Waals surface area contributed by atoms with Crippen LogP contribution in [-0.4, -0.2) is 18.6 Å². The first-order chi connectivity index (χ1) is 9.29. The lowest BCUT2D eigenvalue weighted by molar-refractivity contribution is 0.0962. The van der Waals surface area contributed by atoms with Crippen molar-refractivity contribution in [1.29, 1.82) is 0 Å². The molecule has 0 saturated heterocycles. The zero-order valence-corrected chi connectivity index (χ0v) is 11.7. The molecule has 0 radical (unpaired) electrons. The van der Waals surface area contributed by atoms with Crippen LogP contribution in [0.3, 0.4) is 0 Å². The summed E-state index contributed by atoms with van der Waals surface area (Å²) in [4.78, 5) is 13.1. The first kappa shape index (κ1) is 13.7. The van der Waals surface area contributed by atoms with E-state index in [1.165, 1.54) is 4.90 Å². The van der Waals surface area contributed by atoms with Gasteiger partial charge in [0.2, 0.25) is 0 Å². The first-order valence-corrected chi connectivity index (χ1v) is 7.37. The number of rotatable bonds is 6. The Balaban J connectivity index is 1.81. The number of carbonyl (C=O) groups excluding carboxylic acids is 1. The highest BCUT2D eigenvalue weighted by atomic mass is 32.2. The highest BCUT2D eigenvalue weighted by Crippen LogP contribution is 2.19. The van der Waals surface area contributed by atoms with Crippen LogP contribution in [0.5, 0.6) is 5.75 Å². The molecule has 2 nitrogen and oxygen atoms in total. The Morgan fingerprint density at radius 1 is 1.05 bits per heavy atom. The summed E-state index contributed by atoms with van der Waals surface area (Å²) in [6.45, 7) is 0.409. The van der Waals surface area contributed by atoms with Gasteiger partial charge in [0.1, 0.15) is 5.75 Å². The monoisotopic (exact) mass is 272 g/mol. The van der Waals surface area contributed by atoms with E-state index in [-0.39, 0.29) is 5.78 Å². The Bertz CT molecular complexity index is 520. The fourth-order valence-corrected chi connectivity index (χ4v) is 2.11. The smallest absolute Gasteiger partial charge is 0.166 e. The summed E-state index contributed by atoms with van der Waals surface area (Å²) >= 11 is 1.69. The molecule has 0 aliphatic carbocycles. The van der Waals surface area contributed by atoms with Crippen LogP contribution >= 0.6 is 11.8 Å². The summed E-state index contributed by atoms with van der Waals surface area (Å²) in [5.41, 5.74) is 0.740. The molecule has 98 valence electrons. The molecule has 2 rings (SSSR count). The largest absolute Gasteiger partial charge is 0.493 e. The highest BCUT2D eigenvalue weighted by Gasteiger charge is 2.05. The predicted molar refractivity (Wildman–Crippen MR) is 79.1 cm³/mol. The topological polar surface area (TPSA) is 26.3 Å². The van der Waals surface area contributed by atoms with E-state index in [4.69, 9.17) is 4.74 Å². The first-order valence-electron chi connectivity index (χ1n) is 6.14. The van der Waals surface area contributed by atoms with Crippen molar-refractivity contribution >= 4 is 17.5 Å². The second-order valence-electron chi connectivity index (χ2n) is 4.06. The lowest BCUT2D eigenvalue weighted by Gasteiger charge is -2.06. The maximum atomic E-state index is 11.9. The van der Waals surface area contributed by atoms with Crippen molar-refractivity contribution < 1.29 is 9.53 Å². The average molecular weight is 272 g/mol. The zero-order chi connectivity index (χ0) is 13.5. The van der Waals surface area contributed by atoms with Crippen molar-refractivity contribution in [2.45, 2.75) is 11.3 Å². The van der Waals surface area contributed by atoms with Gasteiger partial charge in [0.05, 0.1) is 6.61 Å². The van der Waals surface area contributed by atoms with Crippen molar-refractivity contribution in [2.75, 3.05) is 12.9 Å². The minimum absolute atomic E-state index is 0.112. The molecule has 0 N–H and O–H groups in total. The van der Waals surface area contributed by atoms with E-state index in [0.29, 0.717) is 13.0 Å². The summed E-state index contributed by atoms with van der Waals surface area (Å²) in [6.07, 6.45) is 2.43. The van der Waals surface area contributed by atoms with Crippen LogP contribution in [0.2, 0.25) is 0 Å². The Morgan fingerprint density at radius 3 is 2.37 bits per heavy atom. The summed E-state index contributed by atoms with van der Waals surface area (Å²) < 4.78 is 5.57. The van der Waals surface area contributed by atoms with Crippen LogP contribution in [0.4, 0.5) is 0 Å². The minimum Gasteiger partial charge on any atom is -0.493 e. The highest BCUT2D eigenvalue weighted by molar-refractivity contribution is 7.98. The molecule has 0 aliphatic heterocycles. The summed E-state index contributed by atoms with van der Waals surface area (Å²) in [5.74, 6) is 0.917. The van der Waals surface area contributed by atoms with E-state index in [1.54, 1.807) is 11.8 Å². The number of hydrogen-bond acceptors (Lipinski definition) is 3. The molecule has 3 heteroatoms. The Morgan fingerprint density at radius 2 is 1.74 bits per heavy atom. The standard InChI is InChI=1S/C16H16O2S/c1-19-15-9-7-14(8-10-15)18-12-11-16(17)13-5-3-2-4-6-13/h2-10H,11-12H2,1H3. The maximum absolute atomic E-state index is 11.9. The number of Topliss-reactive ketones (excluding diaryl/α,β-unsaturated/α-hetero) is 1. The zero-order valence-electron chi connectivity index (χ0n) is 10.8. The van der Waals surface area contributed by atoms with Crippen LogP contribution in [0.15, 0.2) is 59.5 Å². The van der Waals surface area contributed by atoms with E-state index in [2.05, 4.69) is 0 Å². The maximum Gasteiger partial charge on any atom is 0.166 e. The Hall–Kier alpha value is -1.74. The van der Waals surface area contributed by atoms with E-state index >= 15 is 0 Å². The minimum atomic E-state index is 0.112. The number of ketones is 1. The Kier molecular flexibility index (Phi) is 5.04. The van der Waals surface area contributed by atoms with Crippen LogP contribution in [0.25, 0.3) is 0 Å². The molecule has 0 saturated carbocycles. The molecular weight excluding hydrogens is 256 g/mol. The van der Waals surface area contributed by atoms with Gasteiger partial charge in [-0.15, -0.1) is 11.8 Å². The lowest BCUT2D eigenvalue weighted by atomic mass is 10.1. The number of hydrogen-bond donors (Lipinski definition) is 0. The molecule has 0 unspecified atom stereocenters. The molecule has 0 fully saturated rings. The van der Waals surface area contributed by atoms with E-state index in [0.717, 1.165) is 11.3 Å². The van der Waals surface area contributed by atoms with Gasteiger partial charge in [-0.25, -0.2) is 0 Å². The average Bonchev–Trinajstić information content (AvgIpc) is 2.49. The molecule has 0 atom stereocenters. The third kappa shape index (κ3) is 4.14. The van der Waals surface area contributed by atoms with Crippen LogP contribution in [0, 0.1) is 0 Å². The fourth-order valence-electron chi connectivity index (χ4n) is 1.70. The second-order valence-corrected chi connectivity index (χ2v) is 4.94. The van der Waals surface area contributed by atoms with Gasteiger partial charge in [-0.05, 0) is 30.5 Å². The summed E-state index contributed by atoms with van der Waals surface area (Å²) in [6, 6.07) is 17.2. The van der Waals surface area contributed by atoms with Crippen molar-refractivity contribution in [3.8, 4) is 5.75 Å². The Labute approximate surface area is 117 Å². The van der Waals surface area contributed by atoms with Gasteiger partial charge in [-0.2, -0.15) is 0 Å². The van der Waals surface area contributed by atoms with Gasteiger partial charge < -0.3 is 4.74 Å². The SMILES string of the molecule is CSc1ccc(OCCC(=O)c2ccccc2)cc1. The number of ether oxygens (including phenoxy) is 1. The molecule has 0 amide bonds. The normalized spacial score (nSPS) is 10.2. The van der Waals surface area contributed by atoms with E-state index in [1.807, 2.05) is 60.9 Å². The van der Waals surface area contributed by atoms with Gasteiger partial charge in [-0.3, -0.25) is 4.79 Å². The third-order valence-corrected chi connectivity index (χ3v) is 3.50. The van der Waals surface area contributed by atoms with Crippen LogP contribution in [-0.2, 0) is 0 Å². The van der Waals surface area contributed by atoms with E-state index < -0.39 is 0 Å². The van der Waals surface area contributed by atoms with Gasteiger partial charge in [-0.1, -0.05) is 30.3 Å². The van der Waals surface area contributed by atoms with E-state index in [9.17, 15) is 4.79 Å². The van der Waals surface area contributed by atoms with Gasteiger partial charge in [0.15, 0.2) is 5.78 Å². The predicted octanol–water partition coefficient (Wildman–Crippen LogP) is 4.06. The lowest BCUT2D eigenvalue weighted by Crippen LogP contribution is -2.06. The van der Waals surface area contributed by atoms with Crippen molar-refractivity contribution in [3.63, 3.8) is 0 Å². The molecule has 0 aromatic heterocycles. The quantitative estimate of drug-likeness (QED) is 0.586. The van der Waals surface area contributed by atoms with Crippen molar-refractivity contribution in [1.82, 2.24) is 0 Å². The number of benzene rings is 2. The molecule has 2 aromatic rings. The van der Waals surface area contributed by atoms with Gasteiger partial charge >= 0.3 is 0 Å². The van der Waals surface area contributed by atoms with Gasteiger partial charge in [0.25, 0.3) is 0 Å². The van der Waals surface area contributed by atoms with Crippen molar-refractivity contribution in [3.05, 3.63) is 60.2 Å². The van der Waals surface area contributed by atoms with Crippen LogP contribution in [0.1, 0.15) is 16.8 Å². The summed E-state index contributed by atoms with van der Waals surface area (Å²) in [7, 11) is 0. The van der Waals surface area contributed by atoms with Crippen molar-refractivity contribution in [2.24, 2.45) is 0 Å². The number of thioether (sulfide) groups is 1. The molecule has 0 aliphatic rings. The van der Waals surface area contributed by atoms with Gasteiger partial charge in [0, 0.05) is 16.9 Å². The molecular formula is C16H16O2S. The third-order valence-electron chi connectivity index (χ3n) is 2.75. The molecule has 2 aromatic carbocycles. The van der Waals surface area contributed by atoms with Crippen LogP contribution < -0.4 is 4.74 Å². The molecule has 0 spiro atoms. The molecule has 19 heavy (non-hydrogen) atoms. The molecule has 0 heterocycles. The number of carbonyl (C=O) groups is 1. The summed E-state index contributed by atoms with van der Waals surface area (Å²) in [5, 5.41) is 0. The molecule has 0 bridgehead atoms. The fraction of sp³-hybridized carbons (Fsp3) is 0.188. The second kappa shape index (κ2) is 7.00.